The fraction of sp³-hybridized carbons (Fsp3) is 0.636. The summed E-state index contributed by atoms with van der Waals surface area (Å²) < 4.78 is 12.8. The van der Waals surface area contributed by atoms with Crippen molar-refractivity contribution < 1.29 is 19.1 Å². The van der Waals surface area contributed by atoms with Gasteiger partial charge < -0.3 is 14.4 Å². The van der Waals surface area contributed by atoms with Crippen molar-refractivity contribution in [3.63, 3.8) is 0 Å². The quantitative estimate of drug-likeness (QED) is 0.293. The van der Waals surface area contributed by atoms with E-state index in [1.165, 1.54) is 30.7 Å². The largest absolute Gasteiger partial charge is 0.493 e. The molecule has 1 heterocycles. The van der Waals surface area contributed by atoms with Crippen molar-refractivity contribution in [2.24, 2.45) is 10.8 Å². The van der Waals surface area contributed by atoms with Gasteiger partial charge in [0.05, 0.1) is 17.3 Å². The van der Waals surface area contributed by atoms with Gasteiger partial charge in [-0.25, -0.2) is 0 Å². The van der Waals surface area contributed by atoms with Gasteiger partial charge in [-0.15, -0.1) is 0 Å². The minimum atomic E-state index is -0.357. The van der Waals surface area contributed by atoms with Crippen LogP contribution in [-0.2, 0) is 9.59 Å². The van der Waals surface area contributed by atoms with Gasteiger partial charge >= 0.3 is 0 Å². The summed E-state index contributed by atoms with van der Waals surface area (Å²) in [5.74, 6) is 1.42. The fourth-order valence-corrected chi connectivity index (χ4v) is 8.14. The molecule has 1 aromatic carbocycles. The Morgan fingerprint density at radius 1 is 0.897 bits per heavy atom. The first-order valence-electron chi connectivity index (χ1n) is 14.8. The van der Waals surface area contributed by atoms with Gasteiger partial charge in [0.1, 0.15) is 0 Å². The third kappa shape index (κ3) is 5.43. The van der Waals surface area contributed by atoms with E-state index in [0.717, 1.165) is 58.1 Å². The maximum atomic E-state index is 14.1. The van der Waals surface area contributed by atoms with E-state index in [1.807, 2.05) is 6.07 Å². The molecule has 5 nitrogen and oxygen atoms in total. The highest BCUT2D eigenvalue weighted by Gasteiger charge is 2.50. The maximum absolute atomic E-state index is 14.1. The van der Waals surface area contributed by atoms with Gasteiger partial charge in [-0.2, -0.15) is 0 Å². The molecule has 0 N–H and O–H groups in total. The summed E-state index contributed by atoms with van der Waals surface area (Å²) in [6, 6.07) is 4.49. The molecule has 3 aliphatic carbocycles. The smallest absolute Gasteiger partial charge is 0.174 e. The monoisotopic (exact) mass is 645 g/mol. The van der Waals surface area contributed by atoms with Crippen LogP contribution in [0.5, 0.6) is 11.5 Å². The molecule has 0 amide bonds. The molecule has 0 atom stereocenters. The second-order valence-corrected chi connectivity index (χ2v) is 14.7. The van der Waals surface area contributed by atoms with Crippen LogP contribution in [0.1, 0.15) is 110 Å². The van der Waals surface area contributed by atoms with Crippen molar-refractivity contribution in [1.29, 1.82) is 0 Å². The van der Waals surface area contributed by atoms with E-state index < -0.39 is 0 Å². The van der Waals surface area contributed by atoms with Gasteiger partial charge in [0.2, 0.25) is 0 Å². The van der Waals surface area contributed by atoms with Crippen LogP contribution >= 0.6 is 22.6 Å². The number of hydrogen-bond acceptors (Lipinski definition) is 5. The van der Waals surface area contributed by atoms with Gasteiger partial charge in [0.25, 0.3) is 0 Å². The Kier molecular flexibility index (Phi) is 7.99. The van der Waals surface area contributed by atoms with Crippen molar-refractivity contribution in [1.82, 2.24) is 4.90 Å². The Morgan fingerprint density at radius 2 is 1.46 bits per heavy atom. The molecular formula is C33H44INO4. The van der Waals surface area contributed by atoms with Crippen molar-refractivity contribution in [3.8, 4) is 11.5 Å². The summed E-state index contributed by atoms with van der Waals surface area (Å²) in [4.78, 5) is 30.8. The van der Waals surface area contributed by atoms with Crippen LogP contribution in [0.15, 0.2) is 34.7 Å². The lowest BCUT2D eigenvalue weighted by Crippen LogP contribution is -2.48. The summed E-state index contributed by atoms with van der Waals surface area (Å²) in [5.41, 5.74) is 4.81. The number of ether oxygens (including phenoxy) is 2. The van der Waals surface area contributed by atoms with E-state index in [1.54, 1.807) is 7.11 Å². The third-order valence-corrected chi connectivity index (χ3v) is 9.73. The molecule has 4 aliphatic rings. The molecule has 6 heteroatoms. The summed E-state index contributed by atoms with van der Waals surface area (Å²) in [7, 11) is 1.66. The van der Waals surface area contributed by atoms with E-state index in [0.29, 0.717) is 31.2 Å². The Hall–Kier alpha value is -1.83. The first-order valence-corrected chi connectivity index (χ1v) is 15.9. The first-order chi connectivity index (χ1) is 18.5. The van der Waals surface area contributed by atoms with Crippen LogP contribution < -0.4 is 9.47 Å². The molecule has 39 heavy (non-hydrogen) atoms. The van der Waals surface area contributed by atoms with Crippen molar-refractivity contribution in [2.45, 2.75) is 111 Å². The second-order valence-electron chi connectivity index (χ2n) is 13.6. The van der Waals surface area contributed by atoms with Crippen LogP contribution in [-0.4, -0.2) is 36.2 Å². The minimum absolute atomic E-state index is 0.108. The molecule has 1 saturated carbocycles. The molecule has 0 unspecified atom stereocenters. The van der Waals surface area contributed by atoms with Crippen molar-refractivity contribution in [2.75, 3.05) is 13.7 Å². The lowest BCUT2D eigenvalue weighted by molar-refractivity contribution is -0.119. The number of ketones is 2. The molecule has 0 bridgehead atoms. The lowest BCUT2D eigenvalue weighted by atomic mass is 9.63. The van der Waals surface area contributed by atoms with Crippen LogP contribution in [0.3, 0.4) is 0 Å². The van der Waals surface area contributed by atoms with Crippen molar-refractivity contribution >= 4 is 34.2 Å². The maximum Gasteiger partial charge on any atom is 0.174 e. The standard InChI is InChI=1S/C33H44INO4/c1-7-13-39-31-22(34)14-20(15-27(31)38-6)28-29-23(16-32(2,3)18-25(29)36)35(21-11-9-8-10-12-21)24-17-33(4,5)19-26(37)30(24)28/h14-15,21,28H,7-13,16-19H2,1-6H3. The average Bonchev–Trinajstić information content (AvgIpc) is 2.85. The number of carbonyl (C=O) groups excluding carboxylic acids is 2. The predicted octanol–water partition coefficient (Wildman–Crippen LogP) is 8.11. The predicted molar refractivity (Wildman–Crippen MR) is 163 cm³/mol. The van der Waals surface area contributed by atoms with Crippen molar-refractivity contribution in [3.05, 3.63) is 43.8 Å². The zero-order chi connectivity index (χ0) is 28.1. The number of allylic oxidation sites excluding steroid dienone is 4. The second kappa shape index (κ2) is 10.9. The fourth-order valence-electron chi connectivity index (χ4n) is 7.36. The number of Topliss-reactive ketones (excluding diaryl/α,β-unsaturated/α-hetero) is 2. The highest BCUT2D eigenvalue weighted by molar-refractivity contribution is 14.1. The Balaban J connectivity index is 1.76. The number of methoxy groups -OCH3 is 1. The SMILES string of the molecule is CCCOc1c(I)cc(C2C3=C(CC(C)(C)CC3=O)N(C3CCCCC3)C3=C2C(=O)CC(C)(C)C3)cc1OC. The van der Waals surface area contributed by atoms with Crippen LogP contribution in [0.25, 0.3) is 0 Å². The van der Waals surface area contributed by atoms with Gasteiger partial charge in [-0.3, -0.25) is 9.59 Å². The highest BCUT2D eigenvalue weighted by Crippen LogP contribution is 2.56. The van der Waals surface area contributed by atoms with Crippen LogP contribution in [0.4, 0.5) is 0 Å². The summed E-state index contributed by atoms with van der Waals surface area (Å²) in [6.07, 6.45) is 9.57. The highest BCUT2D eigenvalue weighted by atomic mass is 127. The normalized spacial score (nSPS) is 23.6. The summed E-state index contributed by atoms with van der Waals surface area (Å²) in [5, 5.41) is 0. The molecular weight excluding hydrogens is 601 g/mol. The molecule has 0 spiro atoms. The number of nitrogens with zero attached hydrogens (tertiary/aromatic N) is 1. The summed E-state index contributed by atoms with van der Waals surface area (Å²) >= 11 is 2.31. The number of benzene rings is 1. The van der Waals surface area contributed by atoms with Gasteiger partial charge in [-0.1, -0.05) is 53.9 Å². The number of rotatable bonds is 6. The number of carbonyl (C=O) groups is 2. The Bertz CT molecular complexity index is 1180. The molecule has 0 saturated heterocycles. The molecule has 212 valence electrons. The zero-order valence-corrected chi connectivity index (χ0v) is 26.7. The van der Waals surface area contributed by atoms with E-state index in [4.69, 9.17) is 9.47 Å². The third-order valence-electron chi connectivity index (χ3n) is 8.93. The molecule has 0 aromatic heterocycles. The van der Waals surface area contributed by atoms with E-state index in [9.17, 15) is 9.59 Å². The van der Waals surface area contributed by atoms with Crippen LogP contribution in [0.2, 0.25) is 0 Å². The van der Waals surface area contributed by atoms with Gasteiger partial charge in [0.15, 0.2) is 23.1 Å². The molecule has 1 aromatic rings. The topological polar surface area (TPSA) is 55.8 Å². The molecule has 0 radical (unpaired) electrons. The first kappa shape index (κ1) is 28.7. The minimum Gasteiger partial charge on any atom is -0.493 e. The van der Waals surface area contributed by atoms with Gasteiger partial charge in [-0.05, 0) is 83.2 Å². The molecule has 1 fully saturated rings. The van der Waals surface area contributed by atoms with Gasteiger partial charge in [0, 0.05) is 47.3 Å². The number of hydrogen-bond donors (Lipinski definition) is 0. The lowest BCUT2D eigenvalue weighted by Gasteiger charge is -2.52. The Labute approximate surface area is 247 Å². The summed E-state index contributed by atoms with van der Waals surface area (Å²) in [6.45, 7) is 11.6. The van der Waals surface area contributed by atoms with E-state index >= 15 is 0 Å². The average molecular weight is 646 g/mol. The van der Waals surface area contributed by atoms with E-state index in [2.05, 4.69) is 68.2 Å². The molecule has 5 rings (SSSR count). The zero-order valence-electron chi connectivity index (χ0n) is 24.5. The number of halogens is 1. The molecule has 1 aliphatic heterocycles. The van der Waals surface area contributed by atoms with Crippen LogP contribution in [0, 0.1) is 14.4 Å². The van der Waals surface area contributed by atoms with E-state index in [-0.39, 0.29) is 28.3 Å². The Morgan fingerprint density at radius 3 is 1.97 bits per heavy atom.